The van der Waals surface area contributed by atoms with Gasteiger partial charge in [-0.1, -0.05) is 63.7 Å². The third-order valence-electron chi connectivity index (χ3n) is 10.2. The molecule has 0 nitrogen and oxygen atoms in total. The smallest absolute Gasteiger partial charge is 0.194 e. The third kappa shape index (κ3) is 6.80. The van der Waals surface area contributed by atoms with Crippen molar-refractivity contribution in [1.82, 2.24) is 0 Å². The van der Waals surface area contributed by atoms with Crippen LogP contribution < -0.4 is 0 Å². The van der Waals surface area contributed by atoms with Crippen molar-refractivity contribution < 1.29 is 17.6 Å². The maximum atomic E-state index is 15.3. The maximum absolute atomic E-state index is 15.3. The lowest BCUT2D eigenvalue weighted by atomic mass is 9.68. The van der Waals surface area contributed by atoms with Crippen LogP contribution in [-0.2, 0) is 0 Å². The van der Waals surface area contributed by atoms with E-state index in [2.05, 4.69) is 13.0 Å². The van der Waals surface area contributed by atoms with Crippen LogP contribution in [0, 0.1) is 41.0 Å². The van der Waals surface area contributed by atoms with E-state index in [1.807, 2.05) is 12.1 Å². The number of allylic oxidation sites excluding steroid dienone is 2. The van der Waals surface area contributed by atoms with Crippen LogP contribution in [0.2, 0.25) is 0 Å². The minimum Gasteiger partial charge on any atom is -0.206 e. The number of hydrogen-bond donors (Lipinski definition) is 0. The zero-order valence-electron chi connectivity index (χ0n) is 23.5. The summed E-state index contributed by atoms with van der Waals surface area (Å²) in [6.45, 7) is 2.28. The summed E-state index contributed by atoms with van der Waals surface area (Å²) in [7, 11) is 0. The monoisotopic (exact) mass is 540 g/mol. The first kappa shape index (κ1) is 28.4. The summed E-state index contributed by atoms with van der Waals surface area (Å²) in [5.41, 5.74) is 3.18. The van der Waals surface area contributed by atoms with Crippen LogP contribution in [0.4, 0.5) is 17.6 Å². The normalized spacial score (nSPS) is 27.8. The van der Waals surface area contributed by atoms with Gasteiger partial charge in [-0.15, -0.1) is 0 Å². The van der Waals surface area contributed by atoms with Crippen molar-refractivity contribution in [1.29, 1.82) is 0 Å². The molecule has 2 saturated carbocycles. The molecule has 0 heterocycles. The fraction of sp³-hybridized carbons (Fsp3) is 0.600. The van der Waals surface area contributed by atoms with E-state index >= 15 is 4.39 Å². The third-order valence-corrected chi connectivity index (χ3v) is 10.2. The molecule has 0 amide bonds. The summed E-state index contributed by atoms with van der Waals surface area (Å²) in [5, 5.41) is 0. The van der Waals surface area contributed by atoms with Crippen molar-refractivity contribution in [3.05, 3.63) is 76.4 Å². The fourth-order valence-electron chi connectivity index (χ4n) is 7.79. The molecule has 0 radical (unpaired) electrons. The summed E-state index contributed by atoms with van der Waals surface area (Å²) >= 11 is 0. The molecule has 1 atom stereocenters. The predicted octanol–water partition coefficient (Wildman–Crippen LogP) is 11.3. The lowest BCUT2D eigenvalue weighted by Crippen LogP contribution is -2.25. The second-order valence-corrected chi connectivity index (χ2v) is 12.6. The standard InChI is InChI=1S/C35H44F4/c1-2-3-4-5-23-6-8-24(9-7-23)25-10-12-26(13-11-25)29-18-19-31(32(36)20-29)28-16-14-27(15-17-28)30-21-33(37)35(39)34(38)22-30/h16,18-27H,2-15,17H2,1H3. The van der Waals surface area contributed by atoms with Crippen molar-refractivity contribution >= 4 is 5.57 Å². The molecular weight excluding hydrogens is 496 g/mol. The molecule has 2 fully saturated rings. The van der Waals surface area contributed by atoms with Gasteiger partial charge in [-0.05, 0) is 122 Å². The number of halogens is 4. The Morgan fingerprint density at radius 2 is 1.31 bits per heavy atom. The van der Waals surface area contributed by atoms with E-state index in [1.54, 1.807) is 6.07 Å². The van der Waals surface area contributed by atoms with Gasteiger partial charge in [-0.2, -0.15) is 0 Å². The Morgan fingerprint density at radius 1 is 0.667 bits per heavy atom. The van der Waals surface area contributed by atoms with E-state index in [1.165, 1.54) is 64.2 Å². The van der Waals surface area contributed by atoms with Crippen LogP contribution in [0.15, 0.2) is 36.4 Å². The number of hydrogen-bond acceptors (Lipinski definition) is 0. The summed E-state index contributed by atoms with van der Waals surface area (Å²) in [5.74, 6) is -0.828. The molecule has 2 aromatic carbocycles. The first-order valence-corrected chi connectivity index (χ1v) is 15.6. The molecule has 0 spiro atoms. The van der Waals surface area contributed by atoms with E-state index in [0.29, 0.717) is 36.3 Å². The molecule has 0 aromatic heterocycles. The maximum Gasteiger partial charge on any atom is 0.194 e. The minimum atomic E-state index is -1.43. The molecule has 3 aliphatic rings. The molecule has 5 rings (SSSR count). The van der Waals surface area contributed by atoms with Crippen LogP contribution in [0.3, 0.4) is 0 Å². The van der Waals surface area contributed by atoms with Gasteiger partial charge in [0.05, 0.1) is 0 Å². The SMILES string of the molecule is CCCCCC1CCC(C2CCC(c3ccc(C4=CCC(c5cc(F)c(F)c(F)c5)CC4)c(F)c3)CC2)CC1. The second kappa shape index (κ2) is 13.0. The van der Waals surface area contributed by atoms with Gasteiger partial charge in [0.1, 0.15) is 5.82 Å². The molecule has 3 aliphatic carbocycles. The topological polar surface area (TPSA) is 0 Å². The molecule has 0 bridgehead atoms. The highest BCUT2D eigenvalue weighted by molar-refractivity contribution is 5.67. The molecule has 0 saturated heterocycles. The van der Waals surface area contributed by atoms with Gasteiger partial charge in [-0.25, -0.2) is 17.6 Å². The Kier molecular flexibility index (Phi) is 9.51. The molecule has 0 aliphatic heterocycles. The average Bonchev–Trinajstić information content (AvgIpc) is 2.96. The van der Waals surface area contributed by atoms with Crippen molar-refractivity contribution in [2.75, 3.05) is 0 Å². The van der Waals surface area contributed by atoms with Gasteiger partial charge in [0.2, 0.25) is 0 Å². The number of unbranched alkanes of at least 4 members (excludes halogenated alkanes) is 2. The molecule has 2 aromatic rings. The van der Waals surface area contributed by atoms with Gasteiger partial charge in [0.15, 0.2) is 17.5 Å². The van der Waals surface area contributed by atoms with E-state index in [4.69, 9.17) is 0 Å². The predicted molar refractivity (Wildman–Crippen MR) is 152 cm³/mol. The van der Waals surface area contributed by atoms with Crippen molar-refractivity contribution in [3.63, 3.8) is 0 Å². The Hall–Kier alpha value is -2.10. The molecule has 1 unspecified atom stereocenters. The zero-order valence-corrected chi connectivity index (χ0v) is 23.5. The summed E-state index contributed by atoms with van der Waals surface area (Å²) in [4.78, 5) is 0. The number of rotatable bonds is 8. The van der Waals surface area contributed by atoms with Gasteiger partial charge in [0, 0.05) is 5.56 Å². The van der Waals surface area contributed by atoms with Crippen LogP contribution >= 0.6 is 0 Å². The first-order valence-electron chi connectivity index (χ1n) is 15.6. The van der Waals surface area contributed by atoms with Gasteiger partial charge in [-0.3, -0.25) is 0 Å². The lowest BCUT2D eigenvalue weighted by molar-refractivity contribution is 0.155. The quantitative estimate of drug-likeness (QED) is 0.177. The van der Waals surface area contributed by atoms with Gasteiger partial charge < -0.3 is 0 Å². The first-order chi connectivity index (χ1) is 18.9. The summed E-state index contributed by atoms with van der Waals surface area (Å²) in [6.07, 6.45) is 19.9. The zero-order chi connectivity index (χ0) is 27.4. The molecule has 212 valence electrons. The van der Waals surface area contributed by atoms with E-state index < -0.39 is 17.5 Å². The van der Waals surface area contributed by atoms with Crippen LogP contribution in [0.5, 0.6) is 0 Å². The van der Waals surface area contributed by atoms with Crippen LogP contribution in [-0.4, -0.2) is 0 Å². The highest BCUT2D eigenvalue weighted by Crippen LogP contribution is 2.45. The van der Waals surface area contributed by atoms with Crippen molar-refractivity contribution in [2.24, 2.45) is 17.8 Å². The largest absolute Gasteiger partial charge is 0.206 e. The Bertz CT molecular complexity index is 1110. The summed E-state index contributed by atoms with van der Waals surface area (Å²) in [6, 6.07) is 7.97. The Balaban J connectivity index is 1.13. The van der Waals surface area contributed by atoms with Gasteiger partial charge in [0.25, 0.3) is 0 Å². The lowest BCUT2D eigenvalue weighted by Gasteiger charge is -2.38. The van der Waals surface area contributed by atoms with Crippen molar-refractivity contribution in [2.45, 2.75) is 115 Å². The summed E-state index contributed by atoms with van der Waals surface area (Å²) < 4.78 is 56.0. The molecule has 0 N–H and O–H groups in total. The van der Waals surface area contributed by atoms with Gasteiger partial charge >= 0.3 is 0 Å². The Labute approximate surface area is 232 Å². The molecule has 39 heavy (non-hydrogen) atoms. The average molecular weight is 541 g/mol. The highest BCUT2D eigenvalue weighted by Gasteiger charge is 2.31. The van der Waals surface area contributed by atoms with Crippen LogP contribution in [0.1, 0.15) is 132 Å². The van der Waals surface area contributed by atoms with E-state index in [0.717, 1.165) is 53.9 Å². The highest BCUT2D eigenvalue weighted by atomic mass is 19.2. The van der Waals surface area contributed by atoms with E-state index in [-0.39, 0.29) is 11.7 Å². The second-order valence-electron chi connectivity index (χ2n) is 12.6. The van der Waals surface area contributed by atoms with Crippen LogP contribution in [0.25, 0.3) is 5.57 Å². The van der Waals surface area contributed by atoms with Crippen molar-refractivity contribution in [3.8, 4) is 0 Å². The fourth-order valence-corrected chi connectivity index (χ4v) is 7.79. The van der Waals surface area contributed by atoms with E-state index in [9.17, 15) is 13.2 Å². The molecular formula is C35H44F4. The Morgan fingerprint density at radius 3 is 1.90 bits per heavy atom. The molecule has 4 heteroatoms. The number of benzene rings is 2. The minimum absolute atomic E-state index is 0.0908.